The summed E-state index contributed by atoms with van der Waals surface area (Å²) < 4.78 is 0. The Morgan fingerprint density at radius 3 is 2.58 bits per heavy atom. The van der Waals surface area contributed by atoms with Crippen molar-refractivity contribution in [2.24, 2.45) is 17.8 Å². The van der Waals surface area contributed by atoms with Crippen molar-refractivity contribution in [3.63, 3.8) is 0 Å². The molecule has 0 spiro atoms. The fourth-order valence-electron chi connectivity index (χ4n) is 3.17. The summed E-state index contributed by atoms with van der Waals surface area (Å²) >= 11 is 1.93. The minimum atomic E-state index is 0.685. The maximum absolute atomic E-state index is 4.31. The molecule has 1 aliphatic carbocycles. The van der Waals surface area contributed by atoms with Crippen molar-refractivity contribution >= 4 is 11.8 Å². The summed E-state index contributed by atoms with van der Waals surface area (Å²) in [7, 11) is 0. The van der Waals surface area contributed by atoms with E-state index < -0.39 is 0 Å². The molecule has 1 aliphatic rings. The van der Waals surface area contributed by atoms with E-state index in [-0.39, 0.29) is 0 Å². The lowest BCUT2D eigenvalue weighted by Crippen LogP contribution is -2.26. The third-order valence-corrected chi connectivity index (χ3v) is 5.36. The number of hydrogen-bond donors (Lipinski definition) is 1. The molecule has 1 nitrogen and oxygen atoms in total. The molecule has 1 N–H and O–H groups in total. The quantitative estimate of drug-likeness (QED) is 0.633. The molecule has 0 radical (unpaired) electrons. The van der Waals surface area contributed by atoms with E-state index in [2.05, 4.69) is 32.0 Å². The van der Waals surface area contributed by atoms with Gasteiger partial charge in [-0.3, -0.25) is 0 Å². The Bertz CT molecular complexity index is 246. The van der Waals surface area contributed by atoms with E-state index in [0.717, 1.165) is 18.4 Å². The first-order chi connectivity index (χ1) is 9.17. The predicted molar refractivity (Wildman–Crippen MR) is 89.7 cm³/mol. The molecule has 1 rings (SSSR count). The Kier molecular flexibility index (Phi) is 8.69. The highest BCUT2D eigenvalue weighted by Crippen LogP contribution is 2.31. The van der Waals surface area contributed by atoms with Crippen LogP contribution in [0.25, 0.3) is 0 Å². The Morgan fingerprint density at radius 1 is 1.32 bits per heavy atom. The second-order valence-corrected chi connectivity index (χ2v) is 7.22. The van der Waals surface area contributed by atoms with Gasteiger partial charge in [0.2, 0.25) is 0 Å². The zero-order valence-corrected chi connectivity index (χ0v) is 14.0. The number of nitrogens with one attached hydrogen (secondary N) is 1. The van der Waals surface area contributed by atoms with Crippen molar-refractivity contribution in [1.82, 2.24) is 5.32 Å². The van der Waals surface area contributed by atoms with Crippen molar-refractivity contribution in [3.8, 4) is 0 Å². The molecule has 0 saturated heterocycles. The van der Waals surface area contributed by atoms with Gasteiger partial charge in [0.1, 0.15) is 0 Å². The van der Waals surface area contributed by atoms with Crippen LogP contribution in [0.1, 0.15) is 58.8 Å². The highest BCUT2D eigenvalue weighted by Gasteiger charge is 2.19. The molecule has 2 heteroatoms. The average Bonchev–Trinajstić information content (AvgIpc) is 2.43. The van der Waals surface area contributed by atoms with E-state index >= 15 is 0 Å². The molecule has 0 aliphatic heterocycles. The molecule has 0 bridgehead atoms. The Balaban J connectivity index is 2.29. The molecule has 1 saturated carbocycles. The standard InChI is InChI=1S/C17H33NS/c1-5-17(11-16-9-7-6-8-10-16)15(3)18-12-14(2)13-19-4/h14,16-18H,3,5-13H2,1-2,4H3. The van der Waals surface area contributed by atoms with Gasteiger partial charge in [-0.15, -0.1) is 0 Å². The van der Waals surface area contributed by atoms with Gasteiger partial charge in [0.15, 0.2) is 0 Å². The van der Waals surface area contributed by atoms with E-state index in [1.807, 2.05) is 11.8 Å². The molecule has 0 heterocycles. The minimum absolute atomic E-state index is 0.685. The predicted octanol–water partition coefficient (Wildman–Crippen LogP) is 5.09. The summed E-state index contributed by atoms with van der Waals surface area (Å²) in [5.41, 5.74) is 1.29. The molecule has 0 aromatic heterocycles. The first kappa shape index (κ1) is 16.9. The van der Waals surface area contributed by atoms with Gasteiger partial charge in [-0.1, -0.05) is 52.5 Å². The molecular weight excluding hydrogens is 250 g/mol. The molecule has 0 aromatic carbocycles. The van der Waals surface area contributed by atoms with E-state index in [4.69, 9.17) is 0 Å². The van der Waals surface area contributed by atoms with Crippen molar-refractivity contribution in [1.29, 1.82) is 0 Å². The summed E-state index contributed by atoms with van der Waals surface area (Å²) in [4.78, 5) is 0. The average molecular weight is 284 g/mol. The van der Waals surface area contributed by atoms with E-state index in [9.17, 15) is 0 Å². The Labute approximate surface area is 125 Å². The van der Waals surface area contributed by atoms with E-state index in [0.29, 0.717) is 5.92 Å². The molecule has 19 heavy (non-hydrogen) atoms. The van der Waals surface area contributed by atoms with Gasteiger partial charge in [0.05, 0.1) is 0 Å². The highest BCUT2D eigenvalue weighted by molar-refractivity contribution is 7.98. The first-order valence-electron chi connectivity index (χ1n) is 8.08. The summed E-state index contributed by atoms with van der Waals surface area (Å²) in [6.07, 6.45) is 12.0. The molecular formula is C17H33NS. The van der Waals surface area contributed by atoms with Gasteiger partial charge < -0.3 is 5.32 Å². The SMILES string of the molecule is C=C(NCC(C)CSC)C(CC)CC1CCCCC1. The maximum Gasteiger partial charge on any atom is 0.0177 e. The fraction of sp³-hybridized carbons (Fsp3) is 0.882. The van der Waals surface area contributed by atoms with Crippen LogP contribution in [-0.4, -0.2) is 18.6 Å². The minimum Gasteiger partial charge on any atom is -0.388 e. The second-order valence-electron chi connectivity index (χ2n) is 6.31. The van der Waals surface area contributed by atoms with Crippen molar-refractivity contribution in [3.05, 3.63) is 12.3 Å². The van der Waals surface area contributed by atoms with Crippen LogP contribution in [0.3, 0.4) is 0 Å². The highest BCUT2D eigenvalue weighted by atomic mass is 32.2. The van der Waals surface area contributed by atoms with Crippen LogP contribution in [0.15, 0.2) is 12.3 Å². The molecule has 0 amide bonds. The molecule has 2 unspecified atom stereocenters. The van der Waals surface area contributed by atoms with Crippen LogP contribution in [-0.2, 0) is 0 Å². The Hall–Kier alpha value is -0.110. The topological polar surface area (TPSA) is 12.0 Å². The van der Waals surface area contributed by atoms with Crippen LogP contribution in [0.2, 0.25) is 0 Å². The van der Waals surface area contributed by atoms with Crippen LogP contribution in [0.5, 0.6) is 0 Å². The van der Waals surface area contributed by atoms with Crippen LogP contribution < -0.4 is 5.32 Å². The van der Waals surface area contributed by atoms with Crippen molar-refractivity contribution in [2.75, 3.05) is 18.6 Å². The van der Waals surface area contributed by atoms with E-state index in [1.165, 1.54) is 56.4 Å². The van der Waals surface area contributed by atoms with Crippen LogP contribution in [0.4, 0.5) is 0 Å². The summed E-state index contributed by atoms with van der Waals surface area (Å²) in [6.45, 7) is 10.0. The molecule has 2 atom stereocenters. The summed E-state index contributed by atoms with van der Waals surface area (Å²) in [6, 6.07) is 0. The van der Waals surface area contributed by atoms with Crippen LogP contribution >= 0.6 is 11.8 Å². The number of thioether (sulfide) groups is 1. The van der Waals surface area contributed by atoms with Gasteiger partial charge in [0.25, 0.3) is 0 Å². The first-order valence-corrected chi connectivity index (χ1v) is 9.48. The van der Waals surface area contributed by atoms with Gasteiger partial charge >= 0.3 is 0 Å². The zero-order valence-electron chi connectivity index (χ0n) is 13.2. The summed E-state index contributed by atoms with van der Waals surface area (Å²) in [5.74, 6) is 3.61. The molecule has 1 fully saturated rings. The third kappa shape index (κ3) is 6.74. The largest absolute Gasteiger partial charge is 0.388 e. The number of allylic oxidation sites excluding steroid dienone is 1. The van der Waals surface area contributed by atoms with Crippen molar-refractivity contribution < 1.29 is 0 Å². The monoisotopic (exact) mass is 283 g/mol. The smallest absolute Gasteiger partial charge is 0.0177 e. The van der Waals surface area contributed by atoms with Gasteiger partial charge in [-0.05, 0) is 42.6 Å². The molecule has 112 valence electrons. The zero-order chi connectivity index (χ0) is 14.1. The third-order valence-electron chi connectivity index (χ3n) is 4.46. The van der Waals surface area contributed by atoms with Gasteiger partial charge in [-0.25, -0.2) is 0 Å². The van der Waals surface area contributed by atoms with Crippen LogP contribution in [0, 0.1) is 17.8 Å². The van der Waals surface area contributed by atoms with Crippen molar-refractivity contribution in [2.45, 2.75) is 58.8 Å². The second kappa shape index (κ2) is 9.74. The van der Waals surface area contributed by atoms with Gasteiger partial charge in [0, 0.05) is 12.2 Å². The van der Waals surface area contributed by atoms with E-state index in [1.54, 1.807) is 0 Å². The fourth-order valence-corrected chi connectivity index (χ4v) is 3.86. The lowest BCUT2D eigenvalue weighted by molar-refractivity contribution is 0.295. The lowest BCUT2D eigenvalue weighted by Gasteiger charge is -2.28. The maximum atomic E-state index is 4.31. The normalized spacial score (nSPS) is 19.9. The summed E-state index contributed by atoms with van der Waals surface area (Å²) in [5, 5.41) is 3.60. The van der Waals surface area contributed by atoms with Gasteiger partial charge in [-0.2, -0.15) is 11.8 Å². The Morgan fingerprint density at radius 2 is 2.00 bits per heavy atom. The molecule has 0 aromatic rings. The number of rotatable bonds is 9. The lowest BCUT2D eigenvalue weighted by atomic mass is 9.81. The number of hydrogen-bond acceptors (Lipinski definition) is 2.